The molecule has 1 aromatic heterocycles. The lowest BCUT2D eigenvalue weighted by atomic mass is 10.1. The van der Waals surface area contributed by atoms with Crippen molar-refractivity contribution in [2.45, 2.75) is 6.42 Å². The lowest BCUT2D eigenvalue weighted by Crippen LogP contribution is -2.10. The van der Waals surface area contributed by atoms with Crippen LogP contribution >= 0.6 is 11.5 Å². The monoisotopic (exact) mass is 268 g/mol. The van der Waals surface area contributed by atoms with Crippen LogP contribution in [0, 0.1) is 0 Å². The summed E-state index contributed by atoms with van der Waals surface area (Å²) in [6, 6.07) is 13.9. The van der Waals surface area contributed by atoms with Crippen molar-refractivity contribution in [2.24, 2.45) is 0 Å². The van der Waals surface area contributed by atoms with E-state index in [4.69, 9.17) is 0 Å². The second kappa shape index (κ2) is 3.96. The van der Waals surface area contributed by atoms with Crippen LogP contribution in [0.3, 0.4) is 0 Å². The van der Waals surface area contributed by atoms with E-state index in [1.807, 2.05) is 30.3 Å². The van der Waals surface area contributed by atoms with Crippen LogP contribution in [0.5, 0.6) is 0 Å². The van der Waals surface area contributed by atoms with Gasteiger partial charge in [-0.05, 0) is 42.3 Å². The van der Waals surface area contributed by atoms with Crippen molar-refractivity contribution >= 4 is 27.3 Å². The predicted octanol–water partition coefficient (Wildman–Crippen LogP) is 3.02. The zero-order valence-corrected chi connectivity index (χ0v) is 11.0. The highest BCUT2D eigenvalue weighted by Gasteiger charge is 2.13. The average molecular weight is 268 g/mol. The minimum absolute atomic E-state index is 0.0755. The lowest BCUT2D eigenvalue weighted by Gasteiger charge is -2.03. The van der Waals surface area contributed by atoms with E-state index >= 15 is 0 Å². The van der Waals surface area contributed by atoms with Gasteiger partial charge in [0.1, 0.15) is 0 Å². The third-order valence-electron chi connectivity index (χ3n) is 3.52. The smallest absolute Gasteiger partial charge is 0.273 e. The molecule has 0 radical (unpaired) electrons. The van der Waals surface area contributed by atoms with Gasteiger partial charge in [-0.1, -0.05) is 23.7 Å². The Hall–Kier alpha value is -2.07. The molecule has 2 aromatic carbocycles. The Bertz CT molecular complexity index is 832. The molecule has 3 aromatic rings. The highest BCUT2D eigenvalue weighted by molar-refractivity contribution is 7.14. The Morgan fingerprint density at radius 3 is 2.95 bits per heavy atom. The number of rotatable bonds is 1. The molecule has 0 saturated heterocycles. The van der Waals surface area contributed by atoms with E-state index in [0.717, 1.165) is 28.7 Å². The Balaban J connectivity index is 1.95. The molecule has 19 heavy (non-hydrogen) atoms. The maximum Gasteiger partial charge on any atom is 0.273 e. The number of benzene rings is 2. The Labute approximate surface area is 114 Å². The number of hydrogen-bond donors (Lipinski definition) is 1. The molecular formula is C15H12N2OS. The molecule has 4 rings (SSSR count). The lowest BCUT2D eigenvalue weighted by molar-refractivity contribution is 1.09. The quantitative estimate of drug-likeness (QED) is 0.736. The van der Waals surface area contributed by atoms with Gasteiger partial charge in [0, 0.05) is 12.2 Å². The van der Waals surface area contributed by atoms with Crippen LogP contribution in [0.15, 0.2) is 47.3 Å². The fraction of sp³-hybridized carbons (Fsp3) is 0.133. The molecule has 0 amide bonds. The van der Waals surface area contributed by atoms with Gasteiger partial charge in [0.15, 0.2) is 0 Å². The summed E-state index contributed by atoms with van der Waals surface area (Å²) in [5, 5.41) is 4.13. The summed E-state index contributed by atoms with van der Waals surface area (Å²) in [7, 11) is 0. The second-order valence-corrected chi connectivity index (χ2v) is 5.69. The van der Waals surface area contributed by atoms with Gasteiger partial charge in [-0.25, -0.2) is 3.96 Å². The Morgan fingerprint density at radius 2 is 2.05 bits per heavy atom. The summed E-state index contributed by atoms with van der Waals surface area (Å²) in [5.74, 6) is 0. The standard InChI is InChI=1S/C15H12N2OS/c18-15-12-3-1-2-4-14(12)19-17(15)11-5-6-13-10(9-11)7-8-16-13/h1-6,9,16H,7-8H2. The molecule has 0 saturated carbocycles. The molecule has 0 atom stereocenters. The van der Waals surface area contributed by atoms with Gasteiger partial charge < -0.3 is 5.32 Å². The van der Waals surface area contributed by atoms with E-state index < -0.39 is 0 Å². The van der Waals surface area contributed by atoms with Gasteiger partial charge in [0.2, 0.25) is 0 Å². The summed E-state index contributed by atoms with van der Waals surface area (Å²) in [4.78, 5) is 12.4. The number of nitrogens with one attached hydrogen (secondary N) is 1. The predicted molar refractivity (Wildman–Crippen MR) is 79.6 cm³/mol. The van der Waals surface area contributed by atoms with Crippen molar-refractivity contribution in [3.8, 4) is 5.69 Å². The normalized spacial score (nSPS) is 13.5. The molecule has 94 valence electrons. The number of hydrogen-bond acceptors (Lipinski definition) is 3. The highest BCUT2D eigenvalue weighted by atomic mass is 32.1. The van der Waals surface area contributed by atoms with Crippen LogP contribution in [0.25, 0.3) is 15.8 Å². The number of nitrogens with zero attached hydrogens (tertiary/aromatic N) is 1. The molecule has 0 bridgehead atoms. The maximum absolute atomic E-state index is 12.4. The van der Waals surface area contributed by atoms with Crippen LogP contribution in [-0.4, -0.2) is 10.5 Å². The SMILES string of the molecule is O=c1c2ccccc2sn1-c1ccc2c(c1)CCN2. The van der Waals surface area contributed by atoms with Crippen molar-refractivity contribution in [3.05, 3.63) is 58.4 Å². The van der Waals surface area contributed by atoms with Gasteiger partial charge in [0.25, 0.3) is 5.56 Å². The topological polar surface area (TPSA) is 34.0 Å². The zero-order chi connectivity index (χ0) is 12.8. The largest absolute Gasteiger partial charge is 0.384 e. The van der Waals surface area contributed by atoms with Crippen molar-refractivity contribution in [1.29, 1.82) is 0 Å². The van der Waals surface area contributed by atoms with Crippen LogP contribution in [-0.2, 0) is 6.42 Å². The summed E-state index contributed by atoms with van der Waals surface area (Å²) < 4.78 is 2.81. The number of aromatic nitrogens is 1. The first-order chi connectivity index (χ1) is 9.33. The van der Waals surface area contributed by atoms with Crippen molar-refractivity contribution in [3.63, 3.8) is 0 Å². The number of fused-ring (bicyclic) bond motifs is 2. The first kappa shape index (κ1) is 10.8. The van der Waals surface area contributed by atoms with Crippen LogP contribution in [0.2, 0.25) is 0 Å². The summed E-state index contributed by atoms with van der Waals surface area (Å²) in [6.45, 7) is 0.986. The van der Waals surface area contributed by atoms with E-state index in [0.29, 0.717) is 0 Å². The maximum atomic E-state index is 12.4. The number of anilines is 1. The van der Waals surface area contributed by atoms with Crippen LogP contribution < -0.4 is 10.9 Å². The fourth-order valence-electron chi connectivity index (χ4n) is 2.56. The molecule has 0 aliphatic carbocycles. The molecule has 1 N–H and O–H groups in total. The van der Waals surface area contributed by atoms with Crippen molar-refractivity contribution in [2.75, 3.05) is 11.9 Å². The van der Waals surface area contributed by atoms with E-state index in [1.54, 1.807) is 3.96 Å². The Kier molecular flexibility index (Phi) is 2.26. The minimum atomic E-state index is 0.0755. The average Bonchev–Trinajstić information content (AvgIpc) is 3.03. The van der Waals surface area contributed by atoms with E-state index in [1.165, 1.54) is 22.8 Å². The summed E-state index contributed by atoms with van der Waals surface area (Å²) >= 11 is 1.51. The molecule has 1 aliphatic heterocycles. The van der Waals surface area contributed by atoms with Crippen LogP contribution in [0.1, 0.15) is 5.56 Å². The fourth-order valence-corrected chi connectivity index (χ4v) is 3.55. The molecule has 0 spiro atoms. The van der Waals surface area contributed by atoms with Crippen LogP contribution in [0.4, 0.5) is 5.69 Å². The first-order valence-corrected chi connectivity index (χ1v) is 7.08. The van der Waals surface area contributed by atoms with Crippen molar-refractivity contribution < 1.29 is 0 Å². The van der Waals surface area contributed by atoms with Gasteiger partial charge in [0.05, 0.1) is 15.8 Å². The van der Waals surface area contributed by atoms with E-state index in [-0.39, 0.29) is 5.56 Å². The highest BCUT2D eigenvalue weighted by Crippen LogP contribution is 2.26. The molecule has 4 heteroatoms. The van der Waals surface area contributed by atoms with E-state index in [2.05, 4.69) is 17.4 Å². The van der Waals surface area contributed by atoms with Crippen molar-refractivity contribution in [1.82, 2.24) is 3.96 Å². The second-order valence-electron chi connectivity index (χ2n) is 4.71. The van der Waals surface area contributed by atoms with Gasteiger partial charge in [-0.3, -0.25) is 4.79 Å². The first-order valence-electron chi connectivity index (χ1n) is 6.31. The molecule has 0 unspecified atom stereocenters. The summed E-state index contributed by atoms with van der Waals surface area (Å²) in [5.41, 5.74) is 3.53. The van der Waals surface area contributed by atoms with E-state index in [9.17, 15) is 4.79 Å². The molecule has 2 heterocycles. The molecular weight excluding hydrogens is 256 g/mol. The zero-order valence-electron chi connectivity index (χ0n) is 10.2. The third kappa shape index (κ3) is 1.60. The minimum Gasteiger partial charge on any atom is -0.384 e. The van der Waals surface area contributed by atoms with Gasteiger partial charge in [-0.2, -0.15) is 0 Å². The Morgan fingerprint density at radius 1 is 1.16 bits per heavy atom. The molecule has 1 aliphatic rings. The molecule has 0 fully saturated rings. The third-order valence-corrected chi connectivity index (χ3v) is 4.64. The van der Waals surface area contributed by atoms with Gasteiger partial charge >= 0.3 is 0 Å². The van der Waals surface area contributed by atoms with Gasteiger partial charge in [-0.15, -0.1) is 0 Å². The molecule has 3 nitrogen and oxygen atoms in total. The summed E-state index contributed by atoms with van der Waals surface area (Å²) in [6.07, 6.45) is 1.03.